The number of rotatable bonds is 1. The summed E-state index contributed by atoms with van der Waals surface area (Å²) in [7, 11) is -1.52. The largest absolute Gasteiger partial charge is 0.492 e. The summed E-state index contributed by atoms with van der Waals surface area (Å²) in [6, 6.07) is 11.3. The molecule has 2 aromatic carbocycles. The van der Waals surface area contributed by atoms with Crippen LogP contribution in [0.15, 0.2) is 40.8 Å². The Morgan fingerprint density at radius 2 is 1.68 bits per heavy atom. The van der Waals surface area contributed by atoms with Crippen LogP contribution in [-0.4, -0.2) is 17.2 Å². The van der Waals surface area contributed by atoms with Gasteiger partial charge in [0.2, 0.25) is 0 Å². The smallest absolute Gasteiger partial charge is 0.456 e. The Labute approximate surface area is 112 Å². The van der Waals surface area contributed by atoms with E-state index in [1.165, 1.54) is 0 Å². The molecule has 0 radical (unpaired) electrons. The standard InChI is InChI=1S/C13H11BO3.C2H6/c1-8-6-7-10(14(15)16)13-12(8)9-4-2-3-5-11(9)17-13;1-2/h2-7,15-16H,1H3;1-2H3. The molecule has 3 aromatic rings. The first kappa shape index (κ1) is 13.7. The highest BCUT2D eigenvalue weighted by molar-refractivity contribution is 6.61. The Bertz CT molecular complexity index is 701. The highest BCUT2D eigenvalue weighted by Crippen LogP contribution is 2.29. The van der Waals surface area contributed by atoms with Crippen molar-refractivity contribution >= 4 is 34.5 Å². The van der Waals surface area contributed by atoms with Crippen molar-refractivity contribution in [2.75, 3.05) is 0 Å². The highest BCUT2D eigenvalue weighted by atomic mass is 16.4. The first-order valence-corrected chi connectivity index (χ1v) is 6.45. The fraction of sp³-hybridized carbons (Fsp3) is 0.200. The van der Waals surface area contributed by atoms with E-state index in [9.17, 15) is 10.0 Å². The summed E-state index contributed by atoms with van der Waals surface area (Å²) in [5.74, 6) is 0. The van der Waals surface area contributed by atoms with Crippen molar-refractivity contribution in [1.29, 1.82) is 0 Å². The predicted molar refractivity (Wildman–Crippen MR) is 79.6 cm³/mol. The Morgan fingerprint density at radius 1 is 1.00 bits per heavy atom. The molecule has 98 valence electrons. The minimum absolute atomic E-state index is 0.404. The number of furan rings is 1. The van der Waals surface area contributed by atoms with Gasteiger partial charge < -0.3 is 14.5 Å². The first-order valence-electron chi connectivity index (χ1n) is 6.45. The Kier molecular flexibility index (Phi) is 3.93. The molecule has 0 saturated carbocycles. The van der Waals surface area contributed by atoms with Gasteiger partial charge in [-0.05, 0) is 18.6 Å². The topological polar surface area (TPSA) is 53.6 Å². The lowest BCUT2D eigenvalue weighted by Crippen LogP contribution is -2.30. The average molecular weight is 256 g/mol. The number of hydrogen-bond donors (Lipinski definition) is 2. The minimum atomic E-state index is -1.52. The second-order valence-corrected chi connectivity index (χ2v) is 4.15. The van der Waals surface area contributed by atoms with Crippen LogP contribution in [0.4, 0.5) is 0 Å². The van der Waals surface area contributed by atoms with Crippen LogP contribution in [0.5, 0.6) is 0 Å². The maximum absolute atomic E-state index is 9.33. The van der Waals surface area contributed by atoms with E-state index in [1.54, 1.807) is 6.07 Å². The monoisotopic (exact) mass is 256 g/mol. The Hall–Kier alpha value is -1.78. The van der Waals surface area contributed by atoms with Crippen LogP contribution in [0, 0.1) is 6.92 Å². The molecular formula is C15H17BO3. The van der Waals surface area contributed by atoms with Gasteiger partial charge in [0, 0.05) is 16.2 Å². The van der Waals surface area contributed by atoms with Gasteiger partial charge in [0.15, 0.2) is 0 Å². The molecule has 0 saturated heterocycles. The normalized spacial score (nSPS) is 10.4. The fourth-order valence-corrected chi connectivity index (χ4v) is 2.22. The molecule has 0 aliphatic carbocycles. The van der Waals surface area contributed by atoms with Crippen LogP contribution in [0.1, 0.15) is 19.4 Å². The summed E-state index contributed by atoms with van der Waals surface area (Å²) < 4.78 is 5.71. The van der Waals surface area contributed by atoms with Crippen molar-refractivity contribution in [3.05, 3.63) is 42.0 Å². The third kappa shape index (κ3) is 2.25. The summed E-state index contributed by atoms with van der Waals surface area (Å²) in [4.78, 5) is 0. The molecule has 0 aliphatic heterocycles. The first-order chi connectivity index (χ1) is 9.18. The van der Waals surface area contributed by atoms with Crippen molar-refractivity contribution in [3.8, 4) is 0 Å². The van der Waals surface area contributed by atoms with Crippen molar-refractivity contribution in [1.82, 2.24) is 0 Å². The van der Waals surface area contributed by atoms with E-state index < -0.39 is 7.12 Å². The second kappa shape index (κ2) is 5.47. The van der Waals surface area contributed by atoms with Crippen molar-refractivity contribution < 1.29 is 14.5 Å². The van der Waals surface area contributed by atoms with E-state index in [0.717, 1.165) is 21.9 Å². The van der Waals surface area contributed by atoms with Gasteiger partial charge in [-0.3, -0.25) is 0 Å². The zero-order valence-corrected chi connectivity index (χ0v) is 11.3. The lowest BCUT2D eigenvalue weighted by molar-refractivity contribution is 0.425. The van der Waals surface area contributed by atoms with Crippen LogP contribution in [0.3, 0.4) is 0 Å². The van der Waals surface area contributed by atoms with E-state index >= 15 is 0 Å². The number of benzene rings is 2. The molecule has 0 aliphatic rings. The molecule has 0 atom stereocenters. The summed E-state index contributed by atoms with van der Waals surface area (Å²) >= 11 is 0. The molecule has 3 rings (SSSR count). The molecule has 0 bridgehead atoms. The Morgan fingerprint density at radius 3 is 2.37 bits per heavy atom. The van der Waals surface area contributed by atoms with Crippen molar-refractivity contribution in [2.24, 2.45) is 0 Å². The zero-order chi connectivity index (χ0) is 14.0. The molecule has 19 heavy (non-hydrogen) atoms. The molecule has 0 unspecified atom stereocenters. The number of fused-ring (bicyclic) bond motifs is 3. The summed E-state index contributed by atoms with van der Waals surface area (Å²) in [6.07, 6.45) is 0. The molecule has 0 spiro atoms. The summed E-state index contributed by atoms with van der Waals surface area (Å²) in [5, 5.41) is 20.6. The molecule has 0 fully saturated rings. The number of para-hydroxylation sites is 1. The van der Waals surface area contributed by atoms with E-state index in [-0.39, 0.29) is 0 Å². The van der Waals surface area contributed by atoms with Gasteiger partial charge in [0.05, 0.1) is 0 Å². The highest BCUT2D eigenvalue weighted by Gasteiger charge is 2.20. The second-order valence-electron chi connectivity index (χ2n) is 4.15. The SMILES string of the molecule is CC.Cc1ccc(B(O)O)c2oc3ccccc3c12. The maximum atomic E-state index is 9.33. The predicted octanol–water partition coefficient (Wildman–Crippen LogP) is 2.60. The van der Waals surface area contributed by atoms with Gasteiger partial charge in [-0.25, -0.2) is 0 Å². The van der Waals surface area contributed by atoms with Gasteiger partial charge >= 0.3 is 7.12 Å². The fourth-order valence-electron chi connectivity index (χ4n) is 2.22. The van der Waals surface area contributed by atoms with E-state index in [0.29, 0.717) is 11.0 Å². The number of hydrogen-bond acceptors (Lipinski definition) is 3. The van der Waals surface area contributed by atoms with Gasteiger partial charge in [-0.1, -0.05) is 44.2 Å². The van der Waals surface area contributed by atoms with Gasteiger partial charge in [-0.15, -0.1) is 0 Å². The molecule has 2 N–H and O–H groups in total. The quantitative estimate of drug-likeness (QED) is 0.658. The van der Waals surface area contributed by atoms with E-state index in [4.69, 9.17) is 4.42 Å². The van der Waals surface area contributed by atoms with Gasteiger partial charge in [0.25, 0.3) is 0 Å². The third-order valence-corrected chi connectivity index (χ3v) is 3.04. The molecule has 1 heterocycles. The van der Waals surface area contributed by atoms with Crippen molar-refractivity contribution in [3.63, 3.8) is 0 Å². The lowest BCUT2D eigenvalue weighted by atomic mass is 9.78. The number of aryl methyl sites for hydroxylation is 1. The summed E-state index contributed by atoms with van der Waals surface area (Å²) in [6.45, 7) is 5.98. The van der Waals surface area contributed by atoms with Crippen LogP contribution in [-0.2, 0) is 0 Å². The van der Waals surface area contributed by atoms with Crippen molar-refractivity contribution in [2.45, 2.75) is 20.8 Å². The van der Waals surface area contributed by atoms with Crippen LogP contribution in [0.2, 0.25) is 0 Å². The maximum Gasteiger partial charge on any atom is 0.492 e. The Balaban J connectivity index is 0.000000637. The van der Waals surface area contributed by atoms with Gasteiger partial charge in [0.1, 0.15) is 11.2 Å². The van der Waals surface area contributed by atoms with Crippen LogP contribution in [0.25, 0.3) is 21.9 Å². The molecular weight excluding hydrogens is 239 g/mol. The van der Waals surface area contributed by atoms with Crippen LogP contribution >= 0.6 is 0 Å². The zero-order valence-electron chi connectivity index (χ0n) is 11.3. The molecule has 4 heteroatoms. The van der Waals surface area contributed by atoms with Crippen LogP contribution < -0.4 is 5.46 Å². The lowest BCUT2D eigenvalue weighted by Gasteiger charge is -2.02. The molecule has 0 amide bonds. The van der Waals surface area contributed by atoms with E-state index in [1.807, 2.05) is 51.1 Å². The third-order valence-electron chi connectivity index (χ3n) is 3.04. The molecule has 1 aromatic heterocycles. The average Bonchev–Trinajstić information content (AvgIpc) is 2.81. The minimum Gasteiger partial charge on any atom is -0.456 e. The van der Waals surface area contributed by atoms with E-state index in [2.05, 4.69) is 0 Å². The molecule has 3 nitrogen and oxygen atoms in total. The van der Waals surface area contributed by atoms with Gasteiger partial charge in [-0.2, -0.15) is 0 Å². The summed E-state index contributed by atoms with van der Waals surface area (Å²) in [5.41, 5.74) is 2.79.